The summed E-state index contributed by atoms with van der Waals surface area (Å²) in [5, 5.41) is 5.46. The highest BCUT2D eigenvalue weighted by atomic mass is 16.5. The Morgan fingerprint density at radius 2 is 1.93 bits per heavy atom. The van der Waals surface area contributed by atoms with Crippen molar-refractivity contribution in [3.05, 3.63) is 48.9 Å². The molecule has 154 valence electrons. The quantitative estimate of drug-likeness (QED) is 0.541. The van der Waals surface area contributed by atoms with Gasteiger partial charge in [0.15, 0.2) is 0 Å². The van der Waals surface area contributed by atoms with Gasteiger partial charge >= 0.3 is 0 Å². The highest BCUT2D eigenvalue weighted by Gasteiger charge is 2.17. The van der Waals surface area contributed by atoms with Gasteiger partial charge in [0.2, 0.25) is 5.95 Å². The lowest BCUT2D eigenvalue weighted by Gasteiger charge is -2.32. The summed E-state index contributed by atoms with van der Waals surface area (Å²) in [6, 6.07) is 10.7. The van der Waals surface area contributed by atoms with Crippen LogP contribution in [-0.2, 0) is 4.74 Å². The van der Waals surface area contributed by atoms with Crippen molar-refractivity contribution >= 4 is 39.3 Å². The smallest absolute Gasteiger partial charge is 0.228 e. The first-order chi connectivity index (χ1) is 14.6. The molecule has 1 atom stereocenters. The van der Waals surface area contributed by atoms with Gasteiger partial charge in [-0.25, -0.2) is 15.0 Å². The zero-order chi connectivity index (χ0) is 20.7. The van der Waals surface area contributed by atoms with Crippen LogP contribution in [0.25, 0.3) is 21.8 Å². The summed E-state index contributed by atoms with van der Waals surface area (Å²) in [6.45, 7) is 8.97. The van der Waals surface area contributed by atoms with Gasteiger partial charge in [-0.2, -0.15) is 0 Å². The van der Waals surface area contributed by atoms with Crippen LogP contribution >= 0.6 is 0 Å². The second kappa shape index (κ2) is 7.57. The molecule has 1 aliphatic heterocycles. The van der Waals surface area contributed by atoms with Crippen molar-refractivity contribution < 1.29 is 4.74 Å². The van der Waals surface area contributed by atoms with E-state index < -0.39 is 0 Å². The monoisotopic (exact) mass is 402 g/mol. The second-order valence-corrected chi connectivity index (χ2v) is 8.11. The lowest BCUT2D eigenvalue weighted by Crippen LogP contribution is -2.41. The molecular formula is C23H26N6O. The van der Waals surface area contributed by atoms with E-state index in [1.807, 2.05) is 18.5 Å². The number of pyridine rings is 1. The number of benzene rings is 1. The third kappa shape index (κ3) is 3.45. The largest absolute Gasteiger partial charge is 0.375 e. The van der Waals surface area contributed by atoms with Crippen LogP contribution < -0.4 is 10.2 Å². The van der Waals surface area contributed by atoms with Crippen molar-refractivity contribution in [3.63, 3.8) is 0 Å². The molecule has 4 aromatic rings. The van der Waals surface area contributed by atoms with Crippen molar-refractivity contribution in [3.8, 4) is 0 Å². The van der Waals surface area contributed by atoms with E-state index in [0.717, 1.165) is 47.6 Å². The van der Waals surface area contributed by atoms with Crippen LogP contribution in [-0.4, -0.2) is 45.3 Å². The second-order valence-electron chi connectivity index (χ2n) is 8.11. The summed E-state index contributed by atoms with van der Waals surface area (Å²) < 4.78 is 7.88. The van der Waals surface area contributed by atoms with Crippen LogP contribution in [0.1, 0.15) is 26.8 Å². The number of hydrogen-bond acceptors (Lipinski definition) is 6. The molecule has 5 rings (SSSR count). The predicted octanol–water partition coefficient (Wildman–Crippen LogP) is 4.53. The third-order valence-electron chi connectivity index (χ3n) is 5.58. The molecule has 0 radical (unpaired) electrons. The normalized spacial score (nSPS) is 17.2. The van der Waals surface area contributed by atoms with Gasteiger partial charge < -0.3 is 19.5 Å². The zero-order valence-electron chi connectivity index (χ0n) is 17.5. The van der Waals surface area contributed by atoms with E-state index in [2.05, 4.69) is 76.0 Å². The highest BCUT2D eigenvalue weighted by Crippen LogP contribution is 2.28. The Morgan fingerprint density at radius 3 is 2.70 bits per heavy atom. The van der Waals surface area contributed by atoms with Crippen molar-refractivity contribution in [1.29, 1.82) is 0 Å². The summed E-state index contributed by atoms with van der Waals surface area (Å²) in [6.07, 6.45) is 6.12. The molecule has 0 bridgehead atoms. The van der Waals surface area contributed by atoms with Crippen molar-refractivity contribution in [2.75, 3.05) is 29.9 Å². The lowest BCUT2D eigenvalue weighted by molar-refractivity contribution is 0.0532. The molecule has 3 aromatic heterocycles. The van der Waals surface area contributed by atoms with Gasteiger partial charge in [-0.1, -0.05) is 12.1 Å². The van der Waals surface area contributed by atoms with E-state index in [-0.39, 0.29) is 6.10 Å². The van der Waals surface area contributed by atoms with E-state index >= 15 is 0 Å². The maximum atomic E-state index is 5.62. The summed E-state index contributed by atoms with van der Waals surface area (Å²) in [7, 11) is 0. The first kappa shape index (κ1) is 18.8. The van der Waals surface area contributed by atoms with Crippen LogP contribution in [0.4, 0.5) is 17.5 Å². The molecule has 30 heavy (non-hydrogen) atoms. The fourth-order valence-electron chi connectivity index (χ4n) is 4.04. The number of nitrogens with one attached hydrogen (secondary N) is 1. The molecule has 1 aromatic carbocycles. The van der Waals surface area contributed by atoms with Gasteiger partial charge in [-0.05, 0) is 39.0 Å². The van der Waals surface area contributed by atoms with E-state index in [9.17, 15) is 0 Å². The summed E-state index contributed by atoms with van der Waals surface area (Å²) in [5.41, 5.74) is 3.19. The summed E-state index contributed by atoms with van der Waals surface area (Å²) in [5.74, 6) is 1.28. The topological polar surface area (TPSA) is 68.1 Å². The molecule has 0 amide bonds. The van der Waals surface area contributed by atoms with Gasteiger partial charge in [0.05, 0.1) is 30.1 Å². The van der Waals surface area contributed by atoms with E-state index in [1.165, 1.54) is 5.39 Å². The number of rotatable bonds is 4. The average Bonchev–Trinajstić information content (AvgIpc) is 3.19. The Labute approximate surface area is 175 Å². The summed E-state index contributed by atoms with van der Waals surface area (Å²) in [4.78, 5) is 16.2. The van der Waals surface area contributed by atoms with E-state index in [0.29, 0.717) is 12.0 Å². The molecule has 7 heteroatoms. The SMILES string of the molecule is CC1CN(c2ccc(Nc3ncc4ccc5ccn(C(C)C)c5c4n3)nc2)CCO1. The van der Waals surface area contributed by atoms with Crippen LogP contribution in [0.5, 0.6) is 0 Å². The minimum atomic E-state index is 0.240. The number of aromatic nitrogens is 4. The number of hydrogen-bond donors (Lipinski definition) is 1. The Kier molecular flexibility index (Phi) is 4.75. The minimum absolute atomic E-state index is 0.240. The van der Waals surface area contributed by atoms with Gasteiger partial charge in [0.1, 0.15) is 11.3 Å². The van der Waals surface area contributed by atoms with Crippen LogP contribution in [0.3, 0.4) is 0 Å². The van der Waals surface area contributed by atoms with Crippen molar-refractivity contribution in [1.82, 2.24) is 19.5 Å². The van der Waals surface area contributed by atoms with Crippen LogP contribution in [0.15, 0.2) is 48.9 Å². The maximum Gasteiger partial charge on any atom is 0.228 e. The molecule has 4 heterocycles. The molecular weight excluding hydrogens is 376 g/mol. The zero-order valence-corrected chi connectivity index (χ0v) is 17.5. The molecule has 0 saturated carbocycles. The summed E-state index contributed by atoms with van der Waals surface area (Å²) >= 11 is 0. The fourth-order valence-corrected chi connectivity index (χ4v) is 4.04. The number of anilines is 3. The van der Waals surface area contributed by atoms with Crippen molar-refractivity contribution in [2.45, 2.75) is 32.9 Å². The third-order valence-corrected chi connectivity index (χ3v) is 5.58. The Hall–Kier alpha value is -3.19. The number of ether oxygens (including phenoxy) is 1. The highest BCUT2D eigenvalue weighted by molar-refractivity contribution is 6.03. The lowest BCUT2D eigenvalue weighted by atomic mass is 10.2. The van der Waals surface area contributed by atoms with E-state index in [1.54, 1.807) is 0 Å². The molecule has 0 aliphatic carbocycles. The first-order valence-corrected chi connectivity index (χ1v) is 10.4. The maximum absolute atomic E-state index is 5.62. The van der Waals surface area contributed by atoms with Gasteiger partial charge in [0, 0.05) is 42.3 Å². The number of fused-ring (bicyclic) bond motifs is 3. The molecule has 1 unspecified atom stereocenters. The Balaban J connectivity index is 1.44. The van der Waals surface area contributed by atoms with Gasteiger partial charge in [0.25, 0.3) is 0 Å². The van der Waals surface area contributed by atoms with Crippen molar-refractivity contribution in [2.24, 2.45) is 0 Å². The molecule has 1 aliphatic rings. The molecule has 0 spiro atoms. The number of morpholine rings is 1. The van der Waals surface area contributed by atoms with Crippen LogP contribution in [0.2, 0.25) is 0 Å². The van der Waals surface area contributed by atoms with Gasteiger partial charge in [-0.15, -0.1) is 0 Å². The van der Waals surface area contributed by atoms with Gasteiger partial charge in [-0.3, -0.25) is 0 Å². The molecule has 1 saturated heterocycles. The Bertz CT molecular complexity index is 1180. The average molecular weight is 403 g/mol. The molecule has 7 nitrogen and oxygen atoms in total. The van der Waals surface area contributed by atoms with Crippen LogP contribution in [0, 0.1) is 0 Å². The standard InChI is InChI=1S/C23H26N6O/c1-15(2)29-9-8-17-4-5-18-12-25-23(27-21(18)22(17)29)26-20-7-6-19(13-24-20)28-10-11-30-16(3)14-28/h4-9,12-13,15-16H,10-11,14H2,1-3H3,(H,24,25,26,27). The van der Waals surface area contributed by atoms with E-state index in [4.69, 9.17) is 9.72 Å². The first-order valence-electron chi connectivity index (χ1n) is 10.4. The fraction of sp³-hybridized carbons (Fsp3) is 0.348. The molecule has 1 N–H and O–H groups in total. The molecule has 1 fully saturated rings. The predicted molar refractivity (Wildman–Crippen MR) is 121 cm³/mol. The minimum Gasteiger partial charge on any atom is -0.375 e. The Morgan fingerprint density at radius 1 is 1.07 bits per heavy atom. The number of nitrogens with zero attached hydrogens (tertiary/aromatic N) is 5.